The highest BCUT2D eigenvalue weighted by Crippen LogP contribution is 2.39. The molecule has 0 unspecified atom stereocenters. The lowest BCUT2D eigenvalue weighted by molar-refractivity contribution is -0.147. The highest BCUT2D eigenvalue weighted by molar-refractivity contribution is 8.00. The van der Waals surface area contributed by atoms with E-state index in [1.165, 1.54) is 16.7 Å². The van der Waals surface area contributed by atoms with Crippen molar-refractivity contribution in [3.8, 4) is 0 Å². The summed E-state index contributed by atoms with van der Waals surface area (Å²) in [6, 6.07) is -0.563. The number of carboxylic acids is 1. The third kappa shape index (κ3) is 2.08. The third-order valence-corrected chi connectivity index (χ3v) is 3.93. The average molecular weight is 277 g/mol. The van der Waals surface area contributed by atoms with Crippen LogP contribution in [0.2, 0.25) is 0 Å². The predicted molar refractivity (Wildman–Crippen MR) is 67.8 cm³/mol. The summed E-state index contributed by atoms with van der Waals surface area (Å²) in [5, 5.41) is 8.91. The fourth-order valence-electron chi connectivity index (χ4n) is 1.87. The smallest absolute Gasteiger partial charge is 0.352 e. The fraction of sp³-hybridized carbons (Fsp3) is 0.400. The van der Waals surface area contributed by atoms with Crippen molar-refractivity contribution in [2.75, 3.05) is 5.75 Å². The lowest BCUT2D eigenvalue weighted by Crippen LogP contribution is -2.68. The first kappa shape index (κ1) is 14.1. The lowest BCUT2D eigenvalue weighted by atomic mass is 10.0. The number of rotatable bonds is 2. The monoisotopic (exact) mass is 276 g/mol. The molecule has 0 aliphatic carbocycles. The summed E-state index contributed by atoms with van der Waals surface area (Å²) < 4.78 is 0. The number of amides is 1. The molecule has 0 aromatic rings. The van der Waals surface area contributed by atoms with Crippen molar-refractivity contribution in [2.45, 2.75) is 18.3 Å². The highest BCUT2D eigenvalue weighted by atomic mass is 35.5. The molecule has 1 fully saturated rings. The van der Waals surface area contributed by atoms with Crippen LogP contribution >= 0.6 is 24.2 Å². The normalized spacial score (nSPS) is 27.6. The van der Waals surface area contributed by atoms with Gasteiger partial charge < -0.3 is 10.8 Å². The molecule has 2 aliphatic rings. The van der Waals surface area contributed by atoms with E-state index >= 15 is 0 Å². The van der Waals surface area contributed by atoms with Crippen LogP contribution in [0.15, 0.2) is 23.4 Å². The number of hydrogen-bond acceptors (Lipinski definition) is 4. The standard InChI is InChI=1S/C10H12N2O3S.ClH/c1-2-3-5-4-16-9-6(11)8(13)12(9)7(5)10(14)15;/h2-3,6,9H,4,11H2,1H3,(H,14,15);1H/b3-2-;/t6-,9+;/m1./s1. The Morgan fingerprint density at radius 3 is 2.82 bits per heavy atom. The van der Waals surface area contributed by atoms with Gasteiger partial charge in [0.1, 0.15) is 17.1 Å². The van der Waals surface area contributed by atoms with Gasteiger partial charge in [-0.15, -0.1) is 24.2 Å². The SMILES string of the molecule is C/C=C\C1=C(C(=O)O)N2C(=O)[C@@H](N)[C@@H]2SC1.Cl. The molecular weight excluding hydrogens is 264 g/mol. The molecule has 3 N–H and O–H groups in total. The Kier molecular flexibility index (Phi) is 4.24. The molecule has 2 rings (SSSR count). The van der Waals surface area contributed by atoms with E-state index in [1.54, 1.807) is 12.2 Å². The number of allylic oxidation sites excluding steroid dienone is 2. The van der Waals surface area contributed by atoms with Gasteiger partial charge in [0.25, 0.3) is 0 Å². The van der Waals surface area contributed by atoms with Crippen molar-refractivity contribution >= 4 is 36.0 Å². The molecule has 0 saturated carbocycles. The maximum atomic E-state index is 11.5. The number of hydrogen-bond donors (Lipinski definition) is 2. The Morgan fingerprint density at radius 1 is 1.65 bits per heavy atom. The minimum absolute atomic E-state index is 0. The summed E-state index contributed by atoms with van der Waals surface area (Å²) >= 11 is 1.50. The average Bonchev–Trinajstić information content (AvgIpc) is 2.27. The summed E-state index contributed by atoms with van der Waals surface area (Å²) in [5.41, 5.74) is 6.35. The van der Waals surface area contributed by atoms with E-state index in [0.29, 0.717) is 11.3 Å². The van der Waals surface area contributed by atoms with Gasteiger partial charge in [-0.3, -0.25) is 9.69 Å². The second-order valence-electron chi connectivity index (χ2n) is 3.61. The molecular formula is C10H13ClN2O3S. The van der Waals surface area contributed by atoms with Crippen molar-refractivity contribution in [1.82, 2.24) is 4.90 Å². The molecule has 2 atom stereocenters. The largest absolute Gasteiger partial charge is 0.477 e. The number of halogens is 1. The molecule has 7 heteroatoms. The van der Waals surface area contributed by atoms with E-state index in [-0.39, 0.29) is 29.4 Å². The summed E-state index contributed by atoms with van der Waals surface area (Å²) in [5.74, 6) is -0.802. The zero-order chi connectivity index (χ0) is 11.9. The third-order valence-electron chi connectivity index (χ3n) is 2.61. The number of β-lactam (4-membered cyclic amide) rings is 1. The maximum Gasteiger partial charge on any atom is 0.352 e. The van der Waals surface area contributed by atoms with Gasteiger partial charge in [-0.05, 0) is 12.5 Å². The summed E-state index contributed by atoms with van der Waals surface area (Å²) in [6.07, 6.45) is 3.49. The second kappa shape index (κ2) is 5.12. The summed E-state index contributed by atoms with van der Waals surface area (Å²) in [7, 11) is 0. The number of carbonyl (C=O) groups is 2. The van der Waals surface area contributed by atoms with Gasteiger partial charge >= 0.3 is 5.97 Å². The number of fused-ring (bicyclic) bond motifs is 1. The number of carboxylic acid groups (broad SMARTS) is 1. The van der Waals surface area contributed by atoms with Crippen molar-refractivity contribution < 1.29 is 14.7 Å². The van der Waals surface area contributed by atoms with Crippen LogP contribution in [0.4, 0.5) is 0 Å². The van der Waals surface area contributed by atoms with Crippen LogP contribution in [0.3, 0.4) is 0 Å². The van der Waals surface area contributed by atoms with Crippen LogP contribution in [0.25, 0.3) is 0 Å². The van der Waals surface area contributed by atoms with E-state index in [9.17, 15) is 9.59 Å². The van der Waals surface area contributed by atoms with Gasteiger partial charge in [-0.2, -0.15) is 0 Å². The molecule has 0 radical (unpaired) electrons. The Balaban J connectivity index is 0.00000144. The fourth-order valence-corrected chi connectivity index (χ4v) is 3.13. The van der Waals surface area contributed by atoms with Crippen LogP contribution in [0.5, 0.6) is 0 Å². The number of carbonyl (C=O) groups excluding carboxylic acids is 1. The van der Waals surface area contributed by atoms with Crippen LogP contribution in [-0.2, 0) is 9.59 Å². The predicted octanol–water partition coefficient (Wildman–Crippen LogP) is 0.565. The molecule has 0 aromatic carbocycles. The molecule has 1 amide bonds. The van der Waals surface area contributed by atoms with E-state index in [1.807, 2.05) is 6.92 Å². The Labute approximate surface area is 109 Å². The number of nitrogens with two attached hydrogens (primary N) is 1. The number of nitrogens with zero attached hydrogens (tertiary/aromatic N) is 1. The minimum atomic E-state index is -1.07. The van der Waals surface area contributed by atoms with Crippen molar-refractivity contribution in [3.63, 3.8) is 0 Å². The number of thioether (sulfide) groups is 1. The molecule has 0 spiro atoms. The Morgan fingerprint density at radius 2 is 2.29 bits per heavy atom. The highest BCUT2D eigenvalue weighted by Gasteiger charge is 2.51. The van der Waals surface area contributed by atoms with Gasteiger partial charge in [0.15, 0.2) is 0 Å². The topological polar surface area (TPSA) is 83.6 Å². The van der Waals surface area contributed by atoms with E-state index in [0.717, 1.165) is 0 Å². The van der Waals surface area contributed by atoms with Crippen molar-refractivity contribution in [1.29, 1.82) is 0 Å². The van der Waals surface area contributed by atoms with Gasteiger partial charge in [0, 0.05) is 5.75 Å². The lowest BCUT2D eigenvalue weighted by Gasteiger charge is -2.47. The van der Waals surface area contributed by atoms with Crippen LogP contribution in [-0.4, -0.2) is 39.1 Å². The molecule has 94 valence electrons. The molecule has 17 heavy (non-hydrogen) atoms. The Bertz CT molecular complexity index is 422. The van der Waals surface area contributed by atoms with Crippen molar-refractivity contribution in [2.24, 2.45) is 5.73 Å². The van der Waals surface area contributed by atoms with Gasteiger partial charge in [-0.25, -0.2) is 4.79 Å². The van der Waals surface area contributed by atoms with E-state index in [4.69, 9.17) is 10.8 Å². The first-order valence-electron chi connectivity index (χ1n) is 4.87. The Hall–Kier alpha value is -0.980. The van der Waals surface area contributed by atoms with Gasteiger partial charge in [0.2, 0.25) is 5.91 Å². The van der Waals surface area contributed by atoms with Gasteiger partial charge in [-0.1, -0.05) is 12.2 Å². The molecule has 1 saturated heterocycles. The molecule has 0 bridgehead atoms. The quantitative estimate of drug-likeness (QED) is 0.720. The number of aliphatic carboxylic acids is 1. The minimum Gasteiger partial charge on any atom is -0.477 e. The molecule has 2 heterocycles. The first-order chi connectivity index (χ1) is 7.57. The zero-order valence-corrected chi connectivity index (χ0v) is 10.8. The zero-order valence-electron chi connectivity index (χ0n) is 9.12. The van der Waals surface area contributed by atoms with E-state index in [2.05, 4.69) is 0 Å². The maximum absolute atomic E-state index is 11.5. The van der Waals surface area contributed by atoms with Crippen LogP contribution < -0.4 is 5.73 Å². The summed E-state index contributed by atoms with van der Waals surface area (Å²) in [4.78, 5) is 24.0. The van der Waals surface area contributed by atoms with Crippen LogP contribution in [0, 0.1) is 0 Å². The molecule has 5 nitrogen and oxygen atoms in total. The molecule has 2 aliphatic heterocycles. The summed E-state index contributed by atoms with van der Waals surface area (Å²) in [6.45, 7) is 1.81. The first-order valence-corrected chi connectivity index (χ1v) is 5.92. The second-order valence-corrected chi connectivity index (χ2v) is 4.72. The molecule has 0 aromatic heterocycles. The van der Waals surface area contributed by atoms with Gasteiger partial charge in [0.05, 0.1) is 0 Å². The van der Waals surface area contributed by atoms with E-state index < -0.39 is 12.0 Å². The van der Waals surface area contributed by atoms with Crippen LogP contribution in [0.1, 0.15) is 6.92 Å². The van der Waals surface area contributed by atoms with Crippen molar-refractivity contribution in [3.05, 3.63) is 23.4 Å².